The highest BCUT2D eigenvalue weighted by molar-refractivity contribution is 8.18. The van der Waals surface area contributed by atoms with E-state index in [-0.39, 0.29) is 18.6 Å². The number of rotatable bonds is 5. The predicted molar refractivity (Wildman–Crippen MR) is 126 cm³/mol. The second kappa shape index (κ2) is 8.53. The van der Waals surface area contributed by atoms with Crippen molar-refractivity contribution in [2.45, 2.75) is 6.54 Å². The Labute approximate surface area is 198 Å². The molecular weight excluding hydrogens is 466 g/mol. The lowest BCUT2D eigenvalue weighted by Gasteiger charge is -2.14. The number of imide groups is 1. The summed E-state index contributed by atoms with van der Waals surface area (Å²) in [5.74, 6) is 1.93. The van der Waals surface area contributed by atoms with E-state index in [0.29, 0.717) is 44.1 Å². The Morgan fingerprint density at radius 1 is 1.06 bits per heavy atom. The number of nitrogens with zero attached hydrogens (tertiary/aromatic N) is 1. The van der Waals surface area contributed by atoms with Crippen LogP contribution in [0.25, 0.3) is 16.8 Å². The van der Waals surface area contributed by atoms with Gasteiger partial charge < -0.3 is 18.9 Å². The van der Waals surface area contributed by atoms with E-state index in [1.54, 1.807) is 32.4 Å². The SMILES string of the molecule is COc1ccc2ccc(OC)c(/C=C3\SC(=O)N(Cc4cc5c(cc4Cl)OCO5)C3=O)c2c1. The van der Waals surface area contributed by atoms with Gasteiger partial charge in [-0.05, 0) is 58.4 Å². The predicted octanol–water partition coefficient (Wildman–Crippen LogP) is 5.48. The average molecular weight is 484 g/mol. The summed E-state index contributed by atoms with van der Waals surface area (Å²) in [6.07, 6.45) is 1.69. The molecular formula is C24H18ClNO6S. The monoisotopic (exact) mass is 483 g/mol. The maximum atomic E-state index is 13.2. The summed E-state index contributed by atoms with van der Waals surface area (Å²) in [5.41, 5.74) is 1.29. The van der Waals surface area contributed by atoms with Crippen LogP contribution >= 0.6 is 23.4 Å². The van der Waals surface area contributed by atoms with Gasteiger partial charge in [-0.2, -0.15) is 0 Å². The average Bonchev–Trinajstić information content (AvgIpc) is 3.38. The van der Waals surface area contributed by atoms with Gasteiger partial charge in [-0.15, -0.1) is 0 Å². The number of thioether (sulfide) groups is 1. The number of amides is 2. The third-order valence-electron chi connectivity index (χ3n) is 5.47. The Bertz CT molecular complexity index is 1330. The molecule has 5 rings (SSSR count). The highest BCUT2D eigenvalue weighted by atomic mass is 35.5. The van der Waals surface area contributed by atoms with Crippen molar-refractivity contribution in [3.8, 4) is 23.0 Å². The number of hydrogen-bond donors (Lipinski definition) is 0. The van der Waals surface area contributed by atoms with Crippen LogP contribution in [0.1, 0.15) is 11.1 Å². The van der Waals surface area contributed by atoms with Crippen LogP contribution in [-0.2, 0) is 11.3 Å². The summed E-state index contributed by atoms with van der Waals surface area (Å²) in [7, 11) is 3.15. The molecule has 0 bridgehead atoms. The van der Waals surface area contributed by atoms with Gasteiger partial charge in [-0.25, -0.2) is 0 Å². The molecule has 168 valence electrons. The zero-order valence-electron chi connectivity index (χ0n) is 17.7. The van der Waals surface area contributed by atoms with E-state index in [4.69, 9.17) is 30.5 Å². The highest BCUT2D eigenvalue weighted by Crippen LogP contribution is 2.41. The first-order chi connectivity index (χ1) is 16.0. The largest absolute Gasteiger partial charge is 0.497 e. The van der Waals surface area contributed by atoms with E-state index < -0.39 is 5.91 Å². The van der Waals surface area contributed by atoms with Gasteiger partial charge in [-0.1, -0.05) is 23.7 Å². The molecule has 0 saturated carbocycles. The standard InChI is InChI=1S/C24H18ClNO6S/c1-29-15-5-3-13-4-6-19(30-2)17(16(13)8-15)9-22-23(27)26(24(28)33-22)11-14-7-20-21(10-18(14)25)32-12-31-20/h3-10H,11-12H2,1-2H3/b22-9-. The smallest absolute Gasteiger partial charge is 0.293 e. The van der Waals surface area contributed by atoms with Crippen molar-refractivity contribution < 1.29 is 28.5 Å². The van der Waals surface area contributed by atoms with Gasteiger partial charge >= 0.3 is 0 Å². The van der Waals surface area contributed by atoms with Crippen LogP contribution in [0.4, 0.5) is 4.79 Å². The van der Waals surface area contributed by atoms with Gasteiger partial charge in [0.2, 0.25) is 6.79 Å². The molecule has 2 aliphatic rings. The molecule has 0 aromatic heterocycles. The fraction of sp³-hybridized carbons (Fsp3) is 0.167. The zero-order valence-corrected chi connectivity index (χ0v) is 19.3. The molecule has 2 aliphatic heterocycles. The molecule has 3 aromatic carbocycles. The first-order valence-electron chi connectivity index (χ1n) is 9.96. The minimum Gasteiger partial charge on any atom is -0.497 e. The van der Waals surface area contributed by atoms with E-state index >= 15 is 0 Å². The molecule has 2 heterocycles. The van der Waals surface area contributed by atoms with Crippen LogP contribution in [0.2, 0.25) is 5.02 Å². The second-order valence-electron chi connectivity index (χ2n) is 7.33. The van der Waals surface area contributed by atoms with Crippen molar-refractivity contribution in [2.24, 2.45) is 0 Å². The van der Waals surface area contributed by atoms with Crippen LogP contribution < -0.4 is 18.9 Å². The molecule has 0 atom stereocenters. The number of carbonyl (C=O) groups excluding carboxylic acids is 2. The maximum absolute atomic E-state index is 13.2. The summed E-state index contributed by atoms with van der Waals surface area (Å²) in [4.78, 5) is 27.4. The van der Waals surface area contributed by atoms with Crippen LogP contribution in [0.5, 0.6) is 23.0 Å². The number of methoxy groups -OCH3 is 2. The fourth-order valence-corrected chi connectivity index (χ4v) is 4.81. The summed E-state index contributed by atoms with van der Waals surface area (Å²) in [6, 6.07) is 12.7. The van der Waals surface area contributed by atoms with Gasteiger partial charge in [0.05, 0.1) is 25.7 Å². The molecule has 0 unspecified atom stereocenters. The van der Waals surface area contributed by atoms with Gasteiger partial charge in [0.15, 0.2) is 11.5 Å². The lowest BCUT2D eigenvalue weighted by Crippen LogP contribution is -2.27. The van der Waals surface area contributed by atoms with Crippen molar-refractivity contribution in [2.75, 3.05) is 21.0 Å². The summed E-state index contributed by atoms with van der Waals surface area (Å²) in [6.45, 7) is 0.134. The Kier molecular flexibility index (Phi) is 5.55. The second-order valence-corrected chi connectivity index (χ2v) is 8.73. The first-order valence-corrected chi connectivity index (χ1v) is 11.2. The molecule has 7 nitrogen and oxygen atoms in total. The molecule has 33 heavy (non-hydrogen) atoms. The maximum Gasteiger partial charge on any atom is 0.293 e. The molecule has 9 heteroatoms. The number of benzene rings is 3. The third-order valence-corrected chi connectivity index (χ3v) is 6.73. The normalized spacial score (nSPS) is 16.2. The van der Waals surface area contributed by atoms with E-state index in [2.05, 4.69) is 0 Å². The molecule has 0 radical (unpaired) electrons. The number of fused-ring (bicyclic) bond motifs is 2. The lowest BCUT2D eigenvalue weighted by atomic mass is 10.0. The van der Waals surface area contributed by atoms with Gasteiger partial charge in [0, 0.05) is 16.7 Å². The Morgan fingerprint density at radius 2 is 1.82 bits per heavy atom. The number of carbonyl (C=O) groups is 2. The van der Waals surface area contributed by atoms with Crippen molar-refractivity contribution in [1.29, 1.82) is 0 Å². The van der Waals surface area contributed by atoms with E-state index in [9.17, 15) is 9.59 Å². The highest BCUT2D eigenvalue weighted by Gasteiger charge is 2.36. The minimum atomic E-state index is -0.402. The number of halogens is 1. The summed E-state index contributed by atoms with van der Waals surface area (Å²) >= 11 is 7.22. The topological polar surface area (TPSA) is 74.3 Å². The van der Waals surface area contributed by atoms with Gasteiger partial charge in [-0.3, -0.25) is 14.5 Å². The van der Waals surface area contributed by atoms with Crippen molar-refractivity contribution in [3.63, 3.8) is 0 Å². The fourth-order valence-electron chi connectivity index (χ4n) is 3.77. The minimum absolute atomic E-state index is 0.0258. The number of hydrogen-bond acceptors (Lipinski definition) is 7. The van der Waals surface area contributed by atoms with Gasteiger partial charge in [0.1, 0.15) is 11.5 Å². The van der Waals surface area contributed by atoms with E-state index in [1.165, 1.54) is 0 Å². The van der Waals surface area contributed by atoms with Crippen molar-refractivity contribution >= 4 is 51.4 Å². The summed E-state index contributed by atoms with van der Waals surface area (Å²) < 4.78 is 21.6. The lowest BCUT2D eigenvalue weighted by molar-refractivity contribution is -0.123. The first kappa shape index (κ1) is 21.5. The van der Waals surface area contributed by atoms with Crippen LogP contribution in [0, 0.1) is 0 Å². The molecule has 1 saturated heterocycles. The summed E-state index contributed by atoms with van der Waals surface area (Å²) in [5, 5.41) is 1.82. The van der Waals surface area contributed by atoms with Crippen molar-refractivity contribution in [1.82, 2.24) is 4.90 Å². The van der Waals surface area contributed by atoms with Crippen LogP contribution in [0.3, 0.4) is 0 Å². The molecule has 2 amide bonds. The van der Waals surface area contributed by atoms with Crippen LogP contribution in [0.15, 0.2) is 47.4 Å². The quantitative estimate of drug-likeness (QED) is 0.445. The molecule has 0 aliphatic carbocycles. The Morgan fingerprint density at radius 3 is 2.58 bits per heavy atom. The molecule has 1 fully saturated rings. The molecule has 0 spiro atoms. The molecule has 0 N–H and O–H groups in total. The Balaban J connectivity index is 1.51. The Hall–Kier alpha value is -3.36. The van der Waals surface area contributed by atoms with Gasteiger partial charge in [0.25, 0.3) is 11.1 Å². The van der Waals surface area contributed by atoms with Crippen molar-refractivity contribution in [3.05, 3.63) is 63.5 Å². The molecule has 3 aromatic rings. The number of ether oxygens (including phenoxy) is 4. The van der Waals surface area contributed by atoms with E-state index in [1.807, 2.05) is 30.3 Å². The zero-order chi connectivity index (χ0) is 23.1. The van der Waals surface area contributed by atoms with E-state index in [0.717, 1.165) is 27.4 Å². The van der Waals surface area contributed by atoms with Crippen LogP contribution in [-0.4, -0.2) is 37.1 Å². The third kappa shape index (κ3) is 3.85.